The second kappa shape index (κ2) is 6.72. The van der Waals surface area contributed by atoms with Gasteiger partial charge in [-0.05, 0) is 24.3 Å². The van der Waals surface area contributed by atoms with Crippen LogP contribution in [0.5, 0.6) is 11.6 Å². The van der Waals surface area contributed by atoms with Gasteiger partial charge in [0.25, 0.3) is 0 Å². The van der Waals surface area contributed by atoms with Gasteiger partial charge >= 0.3 is 6.18 Å². The van der Waals surface area contributed by atoms with Gasteiger partial charge in [-0.2, -0.15) is 13.2 Å². The van der Waals surface area contributed by atoms with E-state index in [1.165, 1.54) is 12.1 Å². The summed E-state index contributed by atoms with van der Waals surface area (Å²) in [6.45, 7) is 0. The highest BCUT2D eigenvalue weighted by atomic mass is 19.4. The van der Waals surface area contributed by atoms with Crippen LogP contribution in [0.3, 0.4) is 0 Å². The van der Waals surface area contributed by atoms with E-state index < -0.39 is 11.7 Å². The van der Waals surface area contributed by atoms with Crippen LogP contribution >= 0.6 is 0 Å². The van der Waals surface area contributed by atoms with Gasteiger partial charge in [-0.25, -0.2) is 0 Å². The summed E-state index contributed by atoms with van der Waals surface area (Å²) in [5, 5.41) is 9.84. The molecule has 1 heterocycles. The Kier molecular flexibility index (Phi) is 4.24. The Labute approximate surface area is 153 Å². The molecule has 27 heavy (non-hydrogen) atoms. The van der Waals surface area contributed by atoms with Crippen molar-refractivity contribution in [1.29, 1.82) is 0 Å². The molecule has 0 atom stereocenters. The van der Waals surface area contributed by atoms with Gasteiger partial charge in [-0.1, -0.05) is 54.6 Å². The van der Waals surface area contributed by atoms with E-state index in [0.717, 1.165) is 23.1 Å². The predicted molar refractivity (Wildman–Crippen MR) is 96.5 cm³/mol. The van der Waals surface area contributed by atoms with E-state index in [9.17, 15) is 13.2 Å². The van der Waals surface area contributed by atoms with Crippen molar-refractivity contribution in [3.8, 4) is 22.9 Å². The van der Waals surface area contributed by atoms with Gasteiger partial charge in [-0.3, -0.25) is 0 Å². The average molecular weight is 366 g/mol. The molecular weight excluding hydrogens is 353 g/mol. The Hall–Kier alpha value is -3.41. The Balaban J connectivity index is 1.78. The van der Waals surface area contributed by atoms with E-state index in [-0.39, 0.29) is 11.6 Å². The quantitative estimate of drug-likeness (QED) is 0.439. The third-order valence-electron chi connectivity index (χ3n) is 4.08. The summed E-state index contributed by atoms with van der Waals surface area (Å²) >= 11 is 0. The Morgan fingerprint density at radius 1 is 0.704 bits per heavy atom. The van der Waals surface area contributed by atoms with Crippen molar-refractivity contribution in [3.63, 3.8) is 0 Å². The van der Waals surface area contributed by atoms with E-state index in [0.29, 0.717) is 11.1 Å². The van der Waals surface area contributed by atoms with E-state index in [1.54, 1.807) is 6.07 Å². The first kappa shape index (κ1) is 17.0. The summed E-state index contributed by atoms with van der Waals surface area (Å²) in [7, 11) is 0. The maximum absolute atomic E-state index is 12.9. The molecule has 0 fully saturated rings. The van der Waals surface area contributed by atoms with Crippen molar-refractivity contribution in [2.45, 2.75) is 6.18 Å². The van der Waals surface area contributed by atoms with Gasteiger partial charge in [0.1, 0.15) is 11.4 Å². The lowest BCUT2D eigenvalue weighted by Gasteiger charge is -2.12. The second-order valence-electron chi connectivity index (χ2n) is 5.89. The van der Waals surface area contributed by atoms with Gasteiger partial charge < -0.3 is 4.74 Å². The van der Waals surface area contributed by atoms with Crippen LogP contribution in [-0.2, 0) is 6.18 Å². The minimum Gasteiger partial charge on any atom is -0.437 e. The van der Waals surface area contributed by atoms with Crippen LogP contribution in [0.15, 0.2) is 78.9 Å². The number of rotatable bonds is 3. The number of hydrogen-bond acceptors (Lipinski definition) is 3. The van der Waals surface area contributed by atoms with Crippen molar-refractivity contribution < 1.29 is 17.9 Å². The first-order valence-electron chi connectivity index (χ1n) is 8.18. The first-order chi connectivity index (χ1) is 13.0. The second-order valence-corrected chi connectivity index (χ2v) is 5.89. The van der Waals surface area contributed by atoms with Gasteiger partial charge in [-0.15, -0.1) is 10.2 Å². The summed E-state index contributed by atoms with van der Waals surface area (Å²) < 4.78 is 44.4. The molecular formula is C21H13F3N2O. The number of ether oxygens (including phenoxy) is 1. The molecule has 0 aliphatic rings. The number of halogens is 3. The zero-order valence-electron chi connectivity index (χ0n) is 13.9. The van der Waals surface area contributed by atoms with Gasteiger partial charge in [0.15, 0.2) is 0 Å². The molecule has 0 spiro atoms. The molecule has 0 amide bonds. The summed E-state index contributed by atoms with van der Waals surface area (Å²) in [6.07, 6.45) is -4.44. The standard InChI is InChI=1S/C21H13F3N2O/c22-21(23,24)15-9-6-10-16(13-15)27-20-18-12-5-4-11-17(18)19(25-26-20)14-7-2-1-3-8-14/h1-13H. The first-order valence-corrected chi connectivity index (χ1v) is 8.18. The van der Waals surface area contributed by atoms with Crippen LogP contribution in [0.4, 0.5) is 13.2 Å². The molecule has 0 N–H and O–H groups in total. The lowest BCUT2D eigenvalue weighted by Crippen LogP contribution is -2.04. The highest BCUT2D eigenvalue weighted by molar-refractivity contribution is 5.97. The molecule has 4 aromatic rings. The molecule has 3 aromatic carbocycles. The number of alkyl halides is 3. The lowest BCUT2D eigenvalue weighted by molar-refractivity contribution is -0.137. The van der Waals surface area contributed by atoms with Crippen molar-refractivity contribution in [3.05, 3.63) is 84.4 Å². The van der Waals surface area contributed by atoms with Gasteiger partial charge in [0.2, 0.25) is 5.88 Å². The molecule has 6 heteroatoms. The fraction of sp³-hybridized carbons (Fsp3) is 0.0476. The van der Waals surface area contributed by atoms with Crippen LogP contribution in [-0.4, -0.2) is 10.2 Å². The SMILES string of the molecule is FC(F)(F)c1cccc(Oc2nnc(-c3ccccc3)c3ccccc23)c1. The topological polar surface area (TPSA) is 35.0 Å². The van der Waals surface area contributed by atoms with Crippen molar-refractivity contribution >= 4 is 10.8 Å². The van der Waals surface area contributed by atoms with E-state index in [1.807, 2.05) is 48.5 Å². The number of nitrogens with zero attached hydrogens (tertiary/aromatic N) is 2. The van der Waals surface area contributed by atoms with Gasteiger partial charge in [0, 0.05) is 16.3 Å². The Morgan fingerprint density at radius 2 is 1.41 bits per heavy atom. The summed E-state index contributed by atoms with van der Waals surface area (Å²) in [5.41, 5.74) is 0.799. The molecule has 0 aliphatic heterocycles. The van der Waals surface area contributed by atoms with Crippen LogP contribution in [0, 0.1) is 0 Å². The molecule has 134 valence electrons. The van der Waals surface area contributed by atoms with Crippen LogP contribution in [0.25, 0.3) is 22.0 Å². The summed E-state index contributed by atoms with van der Waals surface area (Å²) in [6, 6.07) is 21.6. The normalized spacial score (nSPS) is 11.5. The molecule has 1 aromatic heterocycles. The number of fused-ring (bicyclic) bond motifs is 1. The molecule has 0 bridgehead atoms. The highest BCUT2D eigenvalue weighted by Crippen LogP contribution is 2.35. The van der Waals surface area contributed by atoms with Crippen molar-refractivity contribution in [2.24, 2.45) is 0 Å². The molecule has 0 aliphatic carbocycles. The third kappa shape index (κ3) is 3.46. The van der Waals surface area contributed by atoms with E-state index >= 15 is 0 Å². The highest BCUT2D eigenvalue weighted by Gasteiger charge is 2.30. The average Bonchev–Trinajstić information content (AvgIpc) is 2.68. The van der Waals surface area contributed by atoms with Crippen LogP contribution < -0.4 is 4.74 Å². The molecule has 0 saturated carbocycles. The third-order valence-corrected chi connectivity index (χ3v) is 4.08. The molecule has 3 nitrogen and oxygen atoms in total. The zero-order valence-corrected chi connectivity index (χ0v) is 13.9. The predicted octanol–water partition coefficient (Wildman–Crippen LogP) is 6.11. The fourth-order valence-corrected chi connectivity index (χ4v) is 2.81. The molecule has 0 unspecified atom stereocenters. The molecule has 0 saturated heterocycles. The maximum Gasteiger partial charge on any atom is 0.416 e. The summed E-state index contributed by atoms with van der Waals surface area (Å²) in [5.74, 6) is 0.210. The minimum absolute atomic E-state index is 0.0525. The zero-order chi connectivity index (χ0) is 18.9. The number of benzene rings is 3. The largest absolute Gasteiger partial charge is 0.437 e. The summed E-state index contributed by atoms with van der Waals surface area (Å²) in [4.78, 5) is 0. The van der Waals surface area contributed by atoms with Crippen molar-refractivity contribution in [2.75, 3.05) is 0 Å². The molecule has 4 rings (SSSR count). The Morgan fingerprint density at radius 3 is 2.15 bits per heavy atom. The van der Waals surface area contributed by atoms with Gasteiger partial charge in [0.05, 0.1) is 5.56 Å². The van der Waals surface area contributed by atoms with Crippen molar-refractivity contribution in [1.82, 2.24) is 10.2 Å². The fourth-order valence-electron chi connectivity index (χ4n) is 2.81. The molecule has 0 radical (unpaired) electrons. The minimum atomic E-state index is -4.44. The lowest BCUT2D eigenvalue weighted by atomic mass is 10.1. The number of aromatic nitrogens is 2. The maximum atomic E-state index is 12.9. The van der Waals surface area contributed by atoms with Crippen LogP contribution in [0.1, 0.15) is 5.56 Å². The monoisotopic (exact) mass is 366 g/mol. The smallest absolute Gasteiger partial charge is 0.416 e. The van der Waals surface area contributed by atoms with E-state index in [4.69, 9.17) is 4.74 Å². The van der Waals surface area contributed by atoms with E-state index in [2.05, 4.69) is 10.2 Å². The Bertz CT molecular complexity index is 1100. The van der Waals surface area contributed by atoms with Crippen LogP contribution in [0.2, 0.25) is 0 Å². The number of hydrogen-bond donors (Lipinski definition) is 0.